The van der Waals surface area contributed by atoms with Crippen molar-refractivity contribution in [2.75, 3.05) is 6.61 Å². The molecule has 0 aliphatic carbocycles. The predicted octanol–water partition coefficient (Wildman–Crippen LogP) is 0.822. The molecule has 2 N–H and O–H groups in total. The van der Waals surface area contributed by atoms with Crippen LogP contribution in [0.25, 0.3) is 0 Å². The van der Waals surface area contributed by atoms with E-state index in [2.05, 4.69) is 0 Å². The van der Waals surface area contributed by atoms with E-state index in [9.17, 15) is 19.8 Å². The molecular formula is C15H25NO5. The summed E-state index contributed by atoms with van der Waals surface area (Å²) < 4.78 is 5.83. The maximum Gasteiger partial charge on any atom is 0.225 e. The number of aliphatic hydroxyl groups is 2. The van der Waals surface area contributed by atoms with Crippen molar-refractivity contribution >= 4 is 11.7 Å². The van der Waals surface area contributed by atoms with Crippen LogP contribution in [-0.4, -0.2) is 51.3 Å². The van der Waals surface area contributed by atoms with E-state index in [1.165, 1.54) is 24.9 Å². The van der Waals surface area contributed by atoms with Crippen molar-refractivity contribution in [1.29, 1.82) is 0 Å². The van der Waals surface area contributed by atoms with E-state index < -0.39 is 17.9 Å². The third-order valence-corrected chi connectivity index (χ3v) is 4.23. The van der Waals surface area contributed by atoms with Gasteiger partial charge in [0.1, 0.15) is 11.8 Å². The van der Waals surface area contributed by atoms with Gasteiger partial charge in [0, 0.05) is 24.6 Å². The maximum atomic E-state index is 11.9. The highest BCUT2D eigenvalue weighted by Crippen LogP contribution is 2.39. The van der Waals surface area contributed by atoms with E-state index in [1.807, 2.05) is 6.92 Å². The lowest BCUT2D eigenvalue weighted by molar-refractivity contribution is -0.157. The molecule has 0 radical (unpaired) electrons. The molecule has 0 aromatic rings. The Labute approximate surface area is 125 Å². The standard InChI is InChI=1S/C15H25NO5/c1-6-15(8-17)13(20)10(3)14(21-15)16(12(5)19)7-9(2)11(4)18/h7,10,13-14,17,20H,6,8H2,1-5H3/b9-7-/t10-,13?,14+,15?/m0/s1. The van der Waals surface area contributed by atoms with Gasteiger partial charge in [0.15, 0.2) is 5.78 Å². The average Bonchev–Trinajstić information content (AvgIpc) is 2.69. The van der Waals surface area contributed by atoms with E-state index in [-0.39, 0.29) is 24.2 Å². The normalized spacial score (nSPS) is 33.1. The molecule has 21 heavy (non-hydrogen) atoms. The predicted molar refractivity (Wildman–Crippen MR) is 77.1 cm³/mol. The number of ether oxygens (including phenoxy) is 1. The van der Waals surface area contributed by atoms with Gasteiger partial charge in [-0.2, -0.15) is 0 Å². The number of rotatable bonds is 5. The molecule has 1 aliphatic heterocycles. The Balaban J connectivity index is 3.14. The number of Topliss-reactive ketones (excluding diaryl/α,β-unsaturated/α-hetero) is 1. The fourth-order valence-electron chi connectivity index (χ4n) is 2.54. The quantitative estimate of drug-likeness (QED) is 0.734. The Morgan fingerprint density at radius 2 is 1.90 bits per heavy atom. The summed E-state index contributed by atoms with van der Waals surface area (Å²) in [4.78, 5) is 24.6. The highest BCUT2D eigenvalue weighted by Gasteiger charge is 2.53. The third-order valence-electron chi connectivity index (χ3n) is 4.23. The van der Waals surface area contributed by atoms with Crippen LogP contribution in [0, 0.1) is 5.92 Å². The molecule has 1 rings (SSSR count). The Morgan fingerprint density at radius 3 is 2.24 bits per heavy atom. The minimum atomic E-state index is -1.07. The molecule has 1 fully saturated rings. The lowest BCUT2D eigenvalue weighted by Crippen LogP contribution is -2.44. The Morgan fingerprint density at radius 1 is 1.33 bits per heavy atom. The van der Waals surface area contributed by atoms with Crippen LogP contribution in [0.15, 0.2) is 11.8 Å². The Bertz CT molecular complexity index is 441. The minimum absolute atomic E-state index is 0.142. The monoisotopic (exact) mass is 299 g/mol. The molecule has 4 atom stereocenters. The summed E-state index contributed by atoms with van der Waals surface area (Å²) in [7, 11) is 0. The number of hydrogen-bond acceptors (Lipinski definition) is 5. The number of ketones is 1. The van der Waals surface area contributed by atoms with Crippen LogP contribution < -0.4 is 0 Å². The van der Waals surface area contributed by atoms with Gasteiger partial charge >= 0.3 is 0 Å². The number of amides is 1. The molecule has 0 aromatic heterocycles. The maximum absolute atomic E-state index is 11.9. The van der Waals surface area contributed by atoms with Crippen LogP contribution >= 0.6 is 0 Å². The van der Waals surface area contributed by atoms with Crippen molar-refractivity contribution in [2.45, 2.75) is 59.0 Å². The highest BCUT2D eigenvalue weighted by atomic mass is 16.6. The molecular weight excluding hydrogens is 274 g/mol. The summed E-state index contributed by atoms with van der Waals surface area (Å²) in [6, 6.07) is 0. The fourth-order valence-corrected chi connectivity index (χ4v) is 2.54. The molecule has 120 valence electrons. The zero-order valence-electron chi connectivity index (χ0n) is 13.3. The molecule has 1 aliphatic rings. The van der Waals surface area contributed by atoms with E-state index in [1.54, 1.807) is 13.8 Å². The van der Waals surface area contributed by atoms with Gasteiger partial charge in [-0.15, -0.1) is 0 Å². The molecule has 0 spiro atoms. The highest BCUT2D eigenvalue weighted by molar-refractivity contribution is 5.93. The summed E-state index contributed by atoms with van der Waals surface area (Å²) >= 11 is 0. The SMILES string of the molecule is CCC1(CO)O[C@@H](N(/C=C(/C)C(C)=O)C(C)=O)[C@@H](C)C1O. The van der Waals surface area contributed by atoms with Crippen molar-refractivity contribution in [3.63, 3.8) is 0 Å². The van der Waals surface area contributed by atoms with E-state index >= 15 is 0 Å². The summed E-state index contributed by atoms with van der Waals surface area (Å²) in [5.74, 6) is -0.808. The second-order valence-corrected chi connectivity index (χ2v) is 5.68. The average molecular weight is 299 g/mol. The molecule has 1 saturated heterocycles. The lowest BCUT2D eigenvalue weighted by Gasteiger charge is -2.30. The summed E-state index contributed by atoms with van der Waals surface area (Å²) in [5.41, 5.74) is -0.649. The topological polar surface area (TPSA) is 87.1 Å². The zero-order chi connectivity index (χ0) is 16.4. The largest absolute Gasteiger partial charge is 0.393 e. The first kappa shape index (κ1) is 17.8. The molecule has 0 saturated carbocycles. The molecule has 0 bridgehead atoms. The molecule has 1 amide bonds. The smallest absolute Gasteiger partial charge is 0.225 e. The first-order valence-electron chi connectivity index (χ1n) is 7.15. The Kier molecular flexibility index (Phi) is 5.67. The second kappa shape index (κ2) is 6.68. The number of aliphatic hydroxyl groups excluding tert-OH is 2. The van der Waals surface area contributed by atoms with Gasteiger partial charge in [-0.25, -0.2) is 0 Å². The van der Waals surface area contributed by atoms with Gasteiger partial charge < -0.3 is 14.9 Å². The third kappa shape index (κ3) is 3.33. The van der Waals surface area contributed by atoms with E-state index in [0.29, 0.717) is 12.0 Å². The van der Waals surface area contributed by atoms with Gasteiger partial charge in [-0.1, -0.05) is 13.8 Å². The zero-order valence-corrected chi connectivity index (χ0v) is 13.3. The number of carbonyl (C=O) groups excluding carboxylic acids is 2. The lowest BCUT2D eigenvalue weighted by atomic mass is 9.89. The number of nitrogens with zero attached hydrogens (tertiary/aromatic N) is 1. The summed E-state index contributed by atoms with van der Waals surface area (Å²) in [6.07, 6.45) is 0.276. The van der Waals surface area contributed by atoms with Crippen LogP contribution in [0.1, 0.15) is 41.0 Å². The van der Waals surface area contributed by atoms with Crippen molar-refractivity contribution in [2.24, 2.45) is 5.92 Å². The van der Waals surface area contributed by atoms with Crippen LogP contribution in [0.5, 0.6) is 0 Å². The van der Waals surface area contributed by atoms with E-state index in [4.69, 9.17) is 4.74 Å². The molecule has 0 aromatic carbocycles. The molecule has 1 heterocycles. The number of hydrogen-bond donors (Lipinski definition) is 2. The summed E-state index contributed by atoms with van der Waals surface area (Å²) in [5, 5.41) is 19.9. The first-order valence-corrected chi connectivity index (χ1v) is 7.15. The number of carbonyl (C=O) groups is 2. The van der Waals surface area contributed by atoms with Crippen LogP contribution in [0.2, 0.25) is 0 Å². The van der Waals surface area contributed by atoms with Crippen LogP contribution in [-0.2, 0) is 14.3 Å². The molecule has 2 unspecified atom stereocenters. The van der Waals surface area contributed by atoms with Gasteiger partial charge in [0.05, 0.1) is 12.7 Å². The van der Waals surface area contributed by atoms with Crippen molar-refractivity contribution in [1.82, 2.24) is 4.90 Å². The molecule has 6 heteroatoms. The second-order valence-electron chi connectivity index (χ2n) is 5.68. The number of allylic oxidation sites excluding steroid dienone is 1. The summed E-state index contributed by atoms with van der Waals surface area (Å²) in [6.45, 7) is 7.65. The van der Waals surface area contributed by atoms with Gasteiger partial charge in [0.2, 0.25) is 5.91 Å². The van der Waals surface area contributed by atoms with Gasteiger partial charge in [-0.05, 0) is 20.3 Å². The Hall–Kier alpha value is -1.24. The van der Waals surface area contributed by atoms with Crippen LogP contribution in [0.4, 0.5) is 0 Å². The van der Waals surface area contributed by atoms with Crippen LogP contribution in [0.3, 0.4) is 0 Å². The van der Waals surface area contributed by atoms with E-state index in [0.717, 1.165) is 0 Å². The van der Waals surface area contributed by atoms with Crippen molar-refractivity contribution < 1.29 is 24.5 Å². The van der Waals surface area contributed by atoms with Crippen molar-refractivity contribution in [3.05, 3.63) is 11.8 Å². The molecule has 6 nitrogen and oxygen atoms in total. The van der Waals surface area contributed by atoms with Gasteiger partial charge in [0.25, 0.3) is 0 Å². The first-order chi connectivity index (χ1) is 9.70. The minimum Gasteiger partial charge on any atom is -0.393 e. The van der Waals surface area contributed by atoms with Crippen molar-refractivity contribution in [3.8, 4) is 0 Å². The fraction of sp³-hybridized carbons (Fsp3) is 0.733. The van der Waals surface area contributed by atoms with Gasteiger partial charge in [-0.3, -0.25) is 14.5 Å².